The topological polar surface area (TPSA) is 40.6 Å². The highest BCUT2D eigenvalue weighted by atomic mass is 32.2. The molecule has 25 heavy (non-hydrogen) atoms. The lowest BCUT2D eigenvalue weighted by Gasteiger charge is -2.29. The molecule has 0 radical (unpaired) electrons. The minimum atomic E-state index is -0.125. The normalized spacial score (nSPS) is 18.2. The van der Waals surface area contributed by atoms with Crippen molar-refractivity contribution in [3.05, 3.63) is 47.9 Å². The van der Waals surface area contributed by atoms with Crippen LogP contribution in [0.1, 0.15) is 26.2 Å². The Labute approximate surface area is 153 Å². The number of nitrogens with zero attached hydrogens (tertiary/aromatic N) is 2. The molecule has 0 bridgehead atoms. The molecular weight excluding hydrogens is 332 g/mol. The largest absolute Gasteiger partial charge is 0.339 e. The maximum absolute atomic E-state index is 12.8. The Balaban J connectivity index is 1.85. The summed E-state index contributed by atoms with van der Waals surface area (Å²) in [6.07, 6.45) is 6.57. The van der Waals surface area contributed by atoms with E-state index < -0.39 is 0 Å². The van der Waals surface area contributed by atoms with Gasteiger partial charge in [-0.25, -0.2) is 0 Å². The van der Waals surface area contributed by atoms with Gasteiger partial charge in [-0.1, -0.05) is 36.9 Å². The average molecular weight is 356 g/mol. The molecule has 1 heterocycles. The van der Waals surface area contributed by atoms with Gasteiger partial charge >= 0.3 is 0 Å². The monoisotopic (exact) mass is 356 g/mol. The number of hydrogen-bond donors (Lipinski definition) is 0. The van der Waals surface area contributed by atoms with Gasteiger partial charge in [0.15, 0.2) is 0 Å². The maximum Gasteiger partial charge on any atom is 0.265 e. The Kier molecular flexibility index (Phi) is 5.63. The van der Waals surface area contributed by atoms with Gasteiger partial charge in [-0.3, -0.25) is 9.59 Å². The maximum atomic E-state index is 12.8. The van der Waals surface area contributed by atoms with Crippen molar-refractivity contribution in [3.63, 3.8) is 0 Å². The highest BCUT2D eigenvalue weighted by Gasteiger charge is 2.30. The van der Waals surface area contributed by atoms with E-state index in [1.54, 1.807) is 11.0 Å². The molecular formula is C20H24N2O2S. The van der Waals surface area contributed by atoms with Crippen LogP contribution in [-0.4, -0.2) is 36.3 Å². The molecule has 2 amide bonds. The van der Waals surface area contributed by atoms with E-state index in [2.05, 4.69) is 13.5 Å². The first kappa shape index (κ1) is 17.8. The summed E-state index contributed by atoms with van der Waals surface area (Å²) in [5, 5.41) is 0. The van der Waals surface area contributed by atoms with Crippen molar-refractivity contribution >= 4 is 29.3 Å². The quantitative estimate of drug-likeness (QED) is 0.550. The summed E-state index contributed by atoms with van der Waals surface area (Å²) < 4.78 is 0. The molecule has 0 spiro atoms. The third-order valence-corrected chi connectivity index (χ3v) is 5.46. The second-order valence-corrected chi connectivity index (χ2v) is 7.59. The first-order valence-electron chi connectivity index (χ1n) is 8.84. The van der Waals surface area contributed by atoms with Crippen molar-refractivity contribution in [3.8, 4) is 0 Å². The Morgan fingerprint density at radius 2 is 2.16 bits per heavy atom. The number of benzene rings is 1. The number of amides is 2. The van der Waals surface area contributed by atoms with Gasteiger partial charge in [0.2, 0.25) is 5.91 Å². The molecule has 1 aromatic rings. The molecule has 1 aliphatic carbocycles. The van der Waals surface area contributed by atoms with Crippen LogP contribution >= 0.6 is 11.8 Å². The zero-order valence-corrected chi connectivity index (χ0v) is 15.4. The van der Waals surface area contributed by atoms with Gasteiger partial charge in [-0.2, -0.15) is 0 Å². The lowest BCUT2D eigenvalue weighted by atomic mass is 10.2. The molecule has 2 aliphatic rings. The number of carbonyl (C=O) groups excluding carboxylic acids is 2. The van der Waals surface area contributed by atoms with Gasteiger partial charge < -0.3 is 9.80 Å². The van der Waals surface area contributed by atoms with Crippen molar-refractivity contribution in [2.45, 2.75) is 31.1 Å². The number of fused-ring (bicyclic) bond motifs is 1. The van der Waals surface area contributed by atoms with E-state index >= 15 is 0 Å². The Morgan fingerprint density at radius 3 is 2.84 bits per heavy atom. The minimum Gasteiger partial charge on any atom is -0.339 e. The molecule has 0 N–H and O–H groups in total. The lowest BCUT2D eigenvalue weighted by molar-refractivity contribution is -0.126. The number of rotatable bonds is 7. The van der Waals surface area contributed by atoms with Gasteiger partial charge in [-0.05, 0) is 37.3 Å². The third-order valence-electron chi connectivity index (χ3n) is 4.38. The first-order chi connectivity index (χ1) is 12.1. The average Bonchev–Trinajstić information content (AvgIpc) is 3.42. The molecule has 3 rings (SSSR count). The molecule has 132 valence electrons. The molecule has 0 atom stereocenters. The molecule has 1 fully saturated rings. The molecule has 0 aromatic heterocycles. The van der Waals surface area contributed by atoms with E-state index in [1.807, 2.05) is 29.2 Å². The van der Waals surface area contributed by atoms with Crippen LogP contribution in [0.2, 0.25) is 0 Å². The summed E-state index contributed by atoms with van der Waals surface area (Å²) >= 11 is 1.38. The van der Waals surface area contributed by atoms with Crippen LogP contribution in [0.25, 0.3) is 0 Å². The van der Waals surface area contributed by atoms with Gasteiger partial charge in [0, 0.05) is 30.6 Å². The van der Waals surface area contributed by atoms with Crippen molar-refractivity contribution < 1.29 is 9.59 Å². The Bertz CT molecular complexity index is 709. The van der Waals surface area contributed by atoms with Gasteiger partial charge in [0.05, 0.1) is 10.6 Å². The Morgan fingerprint density at radius 1 is 1.40 bits per heavy atom. The summed E-state index contributed by atoms with van der Waals surface area (Å²) in [6.45, 7) is 7.80. The number of hydrogen-bond acceptors (Lipinski definition) is 3. The van der Waals surface area contributed by atoms with Crippen LogP contribution in [0.4, 0.5) is 5.69 Å². The zero-order valence-electron chi connectivity index (χ0n) is 14.6. The SMILES string of the molecule is C=CCN1C(=O)/C(=C\C(=O)N(CCC)CC2CC2)Sc2ccccc21. The molecule has 0 saturated heterocycles. The van der Waals surface area contributed by atoms with Gasteiger partial charge in [0.1, 0.15) is 0 Å². The van der Waals surface area contributed by atoms with E-state index in [-0.39, 0.29) is 11.8 Å². The summed E-state index contributed by atoms with van der Waals surface area (Å²) in [4.78, 5) is 30.6. The van der Waals surface area contributed by atoms with Crippen LogP contribution < -0.4 is 4.90 Å². The summed E-state index contributed by atoms with van der Waals surface area (Å²) in [6, 6.07) is 7.78. The predicted octanol–water partition coefficient (Wildman–Crippen LogP) is 3.84. The highest BCUT2D eigenvalue weighted by molar-refractivity contribution is 8.04. The van der Waals surface area contributed by atoms with Crippen LogP contribution in [-0.2, 0) is 9.59 Å². The van der Waals surface area contributed by atoms with Crippen LogP contribution in [0.3, 0.4) is 0 Å². The number of anilines is 1. The van der Waals surface area contributed by atoms with Crippen molar-refractivity contribution in [2.24, 2.45) is 5.92 Å². The number of thioether (sulfide) groups is 1. The number of carbonyl (C=O) groups is 2. The third kappa shape index (κ3) is 4.15. The fraction of sp³-hybridized carbons (Fsp3) is 0.400. The fourth-order valence-electron chi connectivity index (χ4n) is 2.95. The molecule has 5 heteroatoms. The molecule has 0 unspecified atom stereocenters. The lowest BCUT2D eigenvalue weighted by Crippen LogP contribution is -2.36. The van der Waals surface area contributed by atoms with Crippen molar-refractivity contribution in [1.82, 2.24) is 4.90 Å². The molecule has 1 saturated carbocycles. The van der Waals surface area contributed by atoms with Gasteiger partial charge in [0.25, 0.3) is 5.91 Å². The standard InChI is InChI=1S/C20H24N2O2S/c1-3-11-21(14-15-9-10-15)19(23)13-18-20(24)22(12-4-2)16-7-5-6-8-17(16)25-18/h4-8,13,15H,2-3,9-12,14H2,1H3/b18-13+. The van der Waals surface area contributed by atoms with Crippen molar-refractivity contribution in [1.29, 1.82) is 0 Å². The zero-order chi connectivity index (χ0) is 17.8. The van der Waals surface area contributed by atoms with E-state index in [9.17, 15) is 9.59 Å². The summed E-state index contributed by atoms with van der Waals surface area (Å²) in [5.41, 5.74) is 0.880. The second-order valence-electron chi connectivity index (χ2n) is 6.51. The second kappa shape index (κ2) is 7.91. The minimum absolute atomic E-state index is 0.0532. The fourth-order valence-corrected chi connectivity index (χ4v) is 3.97. The summed E-state index contributed by atoms with van der Waals surface area (Å²) in [5.74, 6) is 0.462. The van der Waals surface area contributed by atoms with E-state index in [0.29, 0.717) is 17.4 Å². The number of para-hydroxylation sites is 1. The summed E-state index contributed by atoms with van der Waals surface area (Å²) in [7, 11) is 0. The molecule has 1 aromatic carbocycles. The van der Waals surface area contributed by atoms with Gasteiger partial charge in [-0.15, -0.1) is 6.58 Å². The van der Waals surface area contributed by atoms with Crippen molar-refractivity contribution in [2.75, 3.05) is 24.5 Å². The first-order valence-corrected chi connectivity index (χ1v) is 9.66. The van der Waals surface area contributed by atoms with E-state index in [0.717, 1.165) is 30.1 Å². The van der Waals surface area contributed by atoms with Crippen LogP contribution in [0, 0.1) is 5.92 Å². The molecule has 1 aliphatic heterocycles. The highest BCUT2D eigenvalue weighted by Crippen LogP contribution is 2.41. The Hall–Kier alpha value is -2.01. The smallest absolute Gasteiger partial charge is 0.265 e. The predicted molar refractivity (Wildman–Crippen MR) is 103 cm³/mol. The van der Waals surface area contributed by atoms with E-state index in [4.69, 9.17) is 0 Å². The van der Waals surface area contributed by atoms with Crippen LogP contribution in [0.15, 0.2) is 52.8 Å². The van der Waals surface area contributed by atoms with E-state index in [1.165, 1.54) is 30.7 Å². The van der Waals surface area contributed by atoms with Crippen LogP contribution in [0.5, 0.6) is 0 Å². The molecule has 4 nitrogen and oxygen atoms in total.